The zero-order valence-corrected chi connectivity index (χ0v) is 20.5. The number of nitrogens with zero attached hydrogens (tertiary/aromatic N) is 3. The van der Waals surface area contributed by atoms with E-state index in [2.05, 4.69) is 20.6 Å². The molecule has 3 aromatic rings. The average molecular weight is 530 g/mol. The van der Waals surface area contributed by atoms with Gasteiger partial charge in [0.05, 0.1) is 11.6 Å². The van der Waals surface area contributed by atoms with Crippen LogP contribution in [0, 0.1) is 17.1 Å². The molecular weight excluding hydrogens is 502 g/mol. The van der Waals surface area contributed by atoms with Gasteiger partial charge in [-0.25, -0.2) is 4.39 Å². The minimum absolute atomic E-state index is 0.307. The van der Waals surface area contributed by atoms with E-state index in [4.69, 9.17) is 14.7 Å². The van der Waals surface area contributed by atoms with Gasteiger partial charge in [-0.1, -0.05) is 12.1 Å². The highest BCUT2D eigenvalue weighted by molar-refractivity contribution is 5.34. The van der Waals surface area contributed by atoms with Crippen LogP contribution in [0.5, 0.6) is 17.2 Å². The molecule has 0 aliphatic carbocycles. The average Bonchev–Trinajstić information content (AvgIpc) is 2.90. The fourth-order valence-corrected chi connectivity index (χ4v) is 4.12. The van der Waals surface area contributed by atoms with Crippen molar-refractivity contribution in [1.29, 1.82) is 5.26 Å². The second-order valence-electron chi connectivity index (χ2n) is 8.80. The SMILES string of the molecule is N#Cc1ccc(OCCN2CCN(CC(Oc3ccc(F)cc3)c3ccc(OC(F)(F)F)cc3)CC2)cc1. The molecule has 4 rings (SSSR count). The first-order valence-electron chi connectivity index (χ1n) is 12.1. The number of hydrogen-bond donors (Lipinski definition) is 0. The molecule has 3 aromatic carbocycles. The number of rotatable bonds is 10. The van der Waals surface area contributed by atoms with Crippen molar-refractivity contribution < 1.29 is 31.8 Å². The van der Waals surface area contributed by atoms with Crippen molar-refractivity contribution in [2.24, 2.45) is 0 Å². The van der Waals surface area contributed by atoms with Crippen LogP contribution in [-0.2, 0) is 0 Å². The molecule has 1 unspecified atom stereocenters. The van der Waals surface area contributed by atoms with Gasteiger partial charge in [0.15, 0.2) is 0 Å². The largest absolute Gasteiger partial charge is 0.573 e. The summed E-state index contributed by atoms with van der Waals surface area (Å²) in [4.78, 5) is 4.52. The Hall–Kier alpha value is -3.81. The molecule has 0 saturated carbocycles. The van der Waals surface area contributed by atoms with Crippen LogP contribution in [0.1, 0.15) is 17.2 Å². The van der Waals surface area contributed by atoms with Crippen molar-refractivity contribution in [2.45, 2.75) is 12.5 Å². The molecule has 10 heteroatoms. The molecule has 200 valence electrons. The fraction of sp³-hybridized carbons (Fsp3) is 0.321. The van der Waals surface area contributed by atoms with Crippen LogP contribution in [0.3, 0.4) is 0 Å². The number of alkyl halides is 3. The zero-order chi connectivity index (χ0) is 27.0. The molecule has 1 saturated heterocycles. The van der Waals surface area contributed by atoms with Crippen molar-refractivity contribution >= 4 is 0 Å². The first kappa shape index (κ1) is 27.2. The number of benzene rings is 3. The van der Waals surface area contributed by atoms with Crippen LogP contribution in [-0.4, -0.2) is 62.0 Å². The molecule has 1 heterocycles. The highest BCUT2D eigenvalue weighted by Crippen LogP contribution is 2.28. The number of piperazine rings is 1. The van der Waals surface area contributed by atoms with E-state index >= 15 is 0 Å². The Morgan fingerprint density at radius 2 is 1.37 bits per heavy atom. The van der Waals surface area contributed by atoms with Crippen LogP contribution >= 0.6 is 0 Å². The van der Waals surface area contributed by atoms with E-state index in [1.165, 1.54) is 36.4 Å². The maximum absolute atomic E-state index is 13.4. The number of nitriles is 1. The van der Waals surface area contributed by atoms with Crippen molar-refractivity contribution in [3.63, 3.8) is 0 Å². The summed E-state index contributed by atoms with van der Waals surface area (Å²) in [5, 5.41) is 8.88. The third kappa shape index (κ3) is 8.36. The number of halogens is 4. The molecule has 1 aliphatic heterocycles. The lowest BCUT2D eigenvalue weighted by Crippen LogP contribution is -2.48. The van der Waals surface area contributed by atoms with Gasteiger partial charge >= 0.3 is 6.36 Å². The van der Waals surface area contributed by atoms with Gasteiger partial charge in [0.1, 0.15) is 35.8 Å². The molecule has 0 aromatic heterocycles. The van der Waals surface area contributed by atoms with E-state index < -0.39 is 12.5 Å². The lowest BCUT2D eigenvalue weighted by Gasteiger charge is -2.36. The molecule has 1 atom stereocenters. The summed E-state index contributed by atoms with van der Waals surface area (Å²) in [5.74, 6) is 0.487. The quantitative estimate of drug-likeness (QED) is 0.327. The lowest BCUT2D eigenvalue weighted by molar-refractivity contribution is -0.274. The molecule has 1 fully saturated rings. The summed E-state index contributed by atoms with van der Waals surface area (Å²) in [6, 6.07) is 20.3. The standard InChI is InChI=1S/C28H27F4N3O3/c29-23-5-11-25(12-6-23)37-27(22-3-9-26(10-4-22)38-28(30,31)32)20-35-15-13-34(14-16-35)17-18-36-24-7-1-21(19-33)2-8-24/h1-12,27H,13-18,20H2. The Labute approximate surface area is 218 Å². The Balaban J connectivity index is 1.32. The van der Waals surface area contributed by atoms with Crippen molar-refractivity contribution in [1.82, 2.24) is 9.80 Å². The van der Waals surface area contributed by atoms with Crippen LogP contribution in [0.2, 0.25) is 0 Å². The first-order chi connectivity index (χ1) is 18.3. The Morgan fingerprint density at radius 3 is 1.97 bits per heavy atom. The van der Waals surface area contributed by atoms with Gasteiger partial charge in [0.2, 0.25) is 0 Å². The van der Waals surface area contributed by atoms with Crippen molar-refractivity contribution in [3.8, 4) is 23.3 Å². The topological polar surface area (TPSA) is 58.0 Å². The van der Waals surface area contributed by atoms with E-state index in [1.807, 2.05) is 0 Å². The molecule has 0 radical (unpaired) electrons. The van der Waals surface area contributed by atoms with Crippen molar-refractivity contribution in [2.75, 3.05) is 45.9 Å². The van der Waals surface area contributed by atoms with Crippen LogP contribution < -0.4 is 14.2 Å². The third-order valence-electron chi connectivity index (χ3n) is 6.13. The minimum Gasteiger partial charge on any atom is -0.492 e. The normalized spacial score (nSPS) is 15.4. The second-order valence-corrected chi connectivity index (χ2v) is 8.80. The predicted molar refractivity (Wildman–Crippen MR) is 132 cm³/mol. The maximum atomic E-state index is 13.4. The summed E-state index contributed by atoms with van der Waals surface area (Å²) in [5.41, 5.74) is 1.27. The Kier molecular flexibility index (Phi) is 9.05. The molecule has 0 bridgehead atoms. The van der Waals surface area contributed by atoms with Gasteiger partial charge in [-0.2, -0.15) is 5.26 Å². The zero-order valence-electron chi connectivity index (χ0n) is 20.5. The molecule has 1 aliphatic rings. The Bertz CT molecular complexity index is 1190. The maximum Gasteiger partial charge on any atom is 0.573 e. The van der Waals surface area contributed by atoms with E-state index in [0.29, 0.717) is 30.0 Å². The predicted octanol–water partition coefficient (Wildman–Crippen LogP) is 5.41. The Morgan fingerprint density at radius 1 is 0.789 bits per heavy atom. The third-order valence-corrected chi connectivity index (χ3v) is 6.13. The van der Waals surface area contributed by atoms with Gasteiger partial charge in [-0.05, 0) is 66.2 Å². The highest BCUT2D eigenvalue weighted by atomic mass is 19.4. The van der Waals surface area contributed by atoms with Gasteiger partial charge < -0.3 is 14.2 Å². The van der Waals surface area contributed by atoms with Crippen LogP contribution in [0.25, 0.3) is 0 Å². The van der Waals surface area contributed by atoms with E-state index in [9.17, 15) is 17.6 Å². The molecule has 0 N–H and O–H groups in total. The smallest absolute Gasteiger partial charge is 0.492 e. The molecule has 38 heavy (non-hydrogen) atoms. The number of hydrogen-bond acceptors (Lipinski definition) is 6. The summed E-state index contributed by atoms with van der Waals surface area (Å²) in [7, 11) is 0. The van der Waals surface area contributed by atoms with E-state index in [1.54, 1.807) is 36.4 Å². The lowest BCUT2D eigenvalue weighted by atomic mass is 10.1. The second kappa shape index (κ2) is 12.6. The summed E-state index contributed by atoms with van der Waals surface area (Å²) in [6.45, 7) is 4.96. The monoisotopic (exact) mass is 529 g/mol. The van der Waals surface area contributed by atoms with Gasteiger partial charge in [-0.15, -0.1) is 13.2 Å². The molecule has 0 amide bonds. The first-order valence-corrected chi connectivity index (χ1v) is 12.1. The van der Waals surface area contributed by atoms with Gasteiger partial charge in [0, 0.05) is 39.3 Å². The molecule has 6 nitrogen and oxygen atoms in total. The minimum atomic E-state index is -4.77. The summed E-state index contributed by atoms with van der Waals surface area (Å²) >= 11 is 0. The van der Waals surface area contributed by atoms with E-state index in [0.717, 1.165) is 38.5 Å². The van der Waals surface area contributed by atoms with E-state index in [-0.39, 0.29) is 11.6 Å². The number of ether oxygens (including phenoxy) is 3. The van der Waals surface area contributed by atoms with Gasteiger partial charge in [0.25, 0.3) is 0 Å². The van der Waals surface area contributed by atoms with Crippen LogP contribution in [0.4, 0.5) is 17.6 Å². The summed E-state index contributed by atoms with van der Waals surface area (Å²) < 4.78 is 66.9. The highest BCUT2D eigenvalue weighted by Gasteiger charge is 2.31. The van der Waals surface area contributed by atoms with Crippen LogP contribution in [0.15, 0.2) is 72.8 Å². The molecular formula is C28H27F4N3O3. The van der Waals surface area contributed by atoms with Gasteiger partial charge in [-0.3, -0.25) is 9.80 Å². The van der Waals surface area contributed by atoms with Crippen molar-refractivity contribution in [3.05, 3.63) is 89.7 Å². The molecule has 0 spiro atoms. The summed E-state index contributed by atoms with van der Waals surface area (Å²) in [6.07, 6.45) is -5.25. The fourth-order valence-electron chi connectivity index (χ4n) is 4.12.